The molecule has 0 radical (unpaired) electrons. The molecule has 1 aliphatic rings. The van der Waals surface area contributed by atoms with Gasteiger partial charge in [0.05, 0.1) is 13.7 Å². The van der Waals surface area contributed by atoms with Gasteiger partial charge in [-0.3, -0.25) is 4.79 Å². The smallest absolute Gasteiger partial charge is 0.193 e. The van der Waals surface area contributed by atoms with E-state index in [-0.39, 0.29) is 29.4 Å². The first-order valence-electron chi connectivity index (χ1n) is 10.2. The summed E-state index contributed by atoms with van der Waals surface area (Å²) in [6, 6.07) is 11.5. The molecule has 9 heteroatoms. The van der Waals surface area contributed by atoms with Crippen LogP contribution in [0.4, 0.5) is 0 Å². The number of aliphatic hydroxyl groups excluding tert-OH is 1. The summed E-state index contributed by atoms with van der Waals surface area (Å²) in [4.78, 5) is 12.5. The Kier molecular flexibility index (Phi) is 6.20. The standard InChI is InChI=1S/C25H22O9/c1-32-21-9-14(4-6-16(21)28)25-23(12-26)33-20-7-3-13(8-22(20)34-25)2-5-17(29)24-18(30)10-15(27)11-19(24)31/h2-11,23,25-28,30-31H,12H2,1H3/b5-2+. The fraction of sp³-hybridized carbons (Fsp3) is 0.160. The number of hydrogen-bond donors (Lipinski definition) is 5. The average Bonchev–Trinajstić information content (AvgIpc) is 2.81. The van der Waals surface area contributed by atoms with Crippen LogP contribution in [0.3, 0.4) is 0 Å². The first-order valence-corrected chi connectivity index (χ1v) is 10.2. The van der Waals surface area contributed by atoms with Crippen LogP contribution in [-0.4, -0.2) is 51.1 Å². The predicted molar refractivity (Wildman–Crippen MR) is 121 cm³/mol. The molecular weight excluding hydrogens is 444 g/mol. The second-order valence-electron chi connectivity index (χ2n) is 7.57. The molecule has 1 aliphatic heterocycles. The molecule has 0 saturated heterocycles. The van der Waals surface area contributed by atoms with Crippen molar-refractivity contribution in [3.8, 4) is 40.2 Å². The highest BCUT2D eigenvalue weighted by molar-refractivity contribution is 6.10. The van der Waals surface area contributed by atoms with Gasteiger partial charge in [0, 0.05) is 17.7 Å². The van der Waals surface area contributed by atoms with E-state index < -0.39 is 29.5 Å². The Bertz CT molecular complexity index is 1240. The number of allylic oxidation sites excluding steroid dienone is 1. The summed E-state index contributed by atoms with van der Waals surface area (Å²) in [6.07, 6.45) is 1.23. The van der Waals surface area contributed by atoms with E-state index in [1.807, 2.05) is 0 Å². The van der Waals surface area contributed by atoms with E-state index in [0.717, 1.165) is 18.2 Å². The third kappa shape index (κ3) is 4.41. The second-order valence-corrected chi connectivity index (χ2v) is 7.57. The number of carbonyl (C=O) groups excluding carboxylic acids is 1. The number of benzene rings is 3. The largest absolute Gasteiger partial charge is 0.508 e. The average molecular weight is 466 g/mol. The maximum atomic E-state index is 12.5. The van der Waals surface area contributed by atoms with Crippen LogP contribution in [0.15, 0.2) is 54.6 Å². The number of ether oxygens (including phenoxy) is 3. The highest BCUT2D eigenvalue weighted by Gasteiger charge is 2.33. The maximum Gasteiger partial charge on any atom is 0.193 e. The zero-order valence-electron chi connectivity index (χ0n) is 18.0. The minimum absolute atomic E-state index is 0.0354. The minimum Gasteiger partial charge on any atom is -0.508 e. The molecule has 0 bridgehead atoms. The van der Waals surface area contributed by atoms with Crippen molar-refractivity contribution in [3.05, 3.63) is 71.3 Å². The molecule has 0 amide bonds. The Morgan fingerprint density at radius 2 is 1.68 bits per heavy atom. The second kappa shape index (κ2) is 9.24. The molecule has 0 aromatic heterocycles. The first-order chi connectivity index (χ1) is 16.3. The van der Waals surface area contributed by atoms with Crippen LogP contribution in [0.1, 0.15) is 27.6 Å². The highest BCUT2D eigenvalue weighted by atomic mass is 16.6. The van der Waals surface area contributed by atoms with Gasteiger partial charge in [0.15, 0.2) is 41.0 Å². The first kappa shape index (κ1) is 22.8. The van der Waals surface area contributed by atoms with Gasteiger partial charge in [-0.25, -0.2) is 0 Å². The van der Waals surface area contributed by atoms with Gasteiger partial charge in [-0.05, 0) is 35.9 Å². The molecule has 2 unspecified atom stereocenters. The summed E-state index contributed by atoms with van der Waals surface area (Å²) in [5.74, 6) is -1.15. The molecule has 5 N–H and O–H groups in total. The van der Waals surface area contributed by atoms with E-state index >= 15 is 0 Å². The summed E-state index contributed by atoms with van der Waals surface area (Å²) >= 11 is 0. The Morgan fingerprint density at radius 1 is 0.941 bits per heavy atom. The number of carbonyl (C=O) groups is 1. The van der Waals surface area contributed by atoms with Crippen LogP contribution >= 0.6 is 0 Å². The van der Waals surface area contributed by atoms with Gasteiger partial charge in [-0.2, -0.15) is 0 Å². The summed E-state index contributed by atoms with van der Waals surface area (Å²) < 4.78 is 17.1. The summed E-state index contributed by atoms with van der Waals surface area (Å²) in [6.45, 7) is -0.316. The van der Waals surface area contributed by atoms with E-state index in [4.69, 9.17) is 14.2 Å². The monoisotopic (exact) mass is 466 g/mol. The lowest BCUT2D eigenvalue weighted by Gasteiger charge is -2.33. The van der Waals surface area contributed by atoms with Crippen molar-refractivity contribution in [2.45, 2.75) is 12.2 Å². The van der Waals surface area contributed by atoms with Crippen LogP contribution in [0, 0.1) is 0 Å². The van der Waals surface area contributed by atoms with Gasteiger partial charge in [0.2, 0.25) is 0 Å². The number of rotatable bonds is 6. The number of aliphatic hydroxyl groups is 1. The number of phenolic OH excluding ortho intramolecular Hbond substituents is 4. The number of fused-ring (bicyclic) bond motifs is 1. The van der Waals surface area contributed by atoms with E-state index in [1.54, 1.807) is 30.3 Å². The maximum absolute atomic E-state index is 12.5. The number of phenols is 4. The molecule has 34 heavy (non-hydrogen) atoms. The molecule has 176 valence electrons. The molecule has 1 heterocycles. The fourth-order valence-electron chi connectivity index (χ4n) is 3.65. The number of ketones is 1. The highest BCUT2D eigenvalue weighted by Crippen LogP contribution is 2.42. The number of hydrogen-bond acceptors (Lipinski definition) is 9. The van der Waals surface area contributed by atoms with Crippen molar-refractivity contribution in [2.75, 3.05) is 13.7 Å². The Balaban J connectivity index is 1.60. The van der Waals surface area contributed by atoms with Gasteiger partial charge >= 0.3 is 0 Å². The number of aromatic hydroxyl groups is 4. The lowest BCUT2D eigenvalue weighted by Crippen LogP contribution is -2.36. The number of methoxy groups -OCH3 is 1. The van der Waals surface area contributed by atoms with E-state index in [0.29, 0.717) is 22.6 Å². The molecule has 3 aromatic rings. The predicted octanol–water partition coefficient (Wildman–Crippen LogP) is 3.29. The topological polar surface area (TPSA) is 146 Å². The van der Waals surface area contributed by atoms with Gasteiger partial charge < -0.3 is 39.7 Å². The van der Waals surface area contributed by atoms with Crippen molar-refractivity contribution in [1.82, 2.24) is 0 Å². The van der Waals surface area contributed by atoms with Crippen LogP contribution < -0.4 is 14.2 Å². The summed E-state index contributed by atoms with van der Waals surface area (Å²) in [7, 11) is 1.42. The third-order valence-electron chi connectivity index (χ3n) is 5.31. The van der Waals surface area contributed by atoms with Crippen LogP contribution in [0.25, 0.3) is 6.08 Å². The molecule has 3 aromatic carbocycles. The van der Waals surface area contributed by atoms with Gasteiger partial charge in [0.1, 0.15) is 22.8 Å². The molecule has 0 aliphatic carbocycles. The zero-order valence-corrected chi connectivity index (χ0v) is 18.0. The molecule has 4 rings (SSSR count). The van der Waals surface area contributed by atoms with Gasteiger partial charge in [-0.1, -0.05) is 18.2 Å². The van der Waals surface area contributed by atoms with Crippen LogP contribution in [0.2, 0.25) is 0 Å². The molecule has 0 fully saturated rings. The van der Waals surface area contributed by atoms with E-state index in [1.165, 1.54) is 19.3 Å². The molecule has 0 saturated carbocycles. The summed E-state index contributed by atoms with van der Waals surface area (Å²) in [5, 5.41) is 48.8. The lowest BCUT2D eigenvalue weighted by atomic mass is 10.0. The van der Waals surface area contributed by atoms with E-state index in [2.05, 4.69) is 0 Å². The molecule has 2 atom stereocenters. The van der Waals surface area contributed by atoms with Crippen molar-refractivity contribution in [1.29, 1.82) is 0 Å². The molecule has 9 nitrogen and oxygen atoms in total. The third-order valence-corrected chi connectivity index (χ3v) is 5.31. The van der Waals surface area contributed by atoms with Crippen molar-refractivity contribution < 1.29 is 44.5 Å². The molecular formula is C25H22O9. The Morgan fingerprint density at radius 3 is 2.35 bits per heavy atom. The summed E-state index contributed by atoms with van der Waals surface area (Å²) in [5.41, 5.74) is 0.852. The van der Waals surface area contributed by atoms with Crippen molar-refractivity contribution in [3.63, 3.8) is 0 Å². The Labute approximate surface area is 194 Å². The van der Waals surface area contributed by atoms with Crippen LogP contribution in [0.5, 0.6) is 40.2 Å². The van der Waals surface area contributed by atoms with Crippen LogP contribution in [-0.2, 0) is 0 Å². The minimum atomic E-state index is -0.704. The van der Waals surface area contributed by atoms with Crippen molar-refractivity contribution in [2.24, 2.45) is 0 Å². The fourth-order valence-corrected chi connectivity index (χ4v) is 3.65. The van der Waals surface area contributed by atoms with E-state index in [9.17, 15) is 30.3 Å². The quantitative estimate of drug-likeness (QED) is 0.273. The van der Waals surface area contributed by atoms with Gasteiger partial charge in [0.25, 0.3) is 0 Å². The van der Waals surface area contributed by atoms with Crippen molar-refractivity contribution >= 4 is 11.9 Å². The lowest BCUT2D eigenvalue weighted by molar-refractivity contribution is -0.0124. The normalized spacial score (nSPS) is 17.0. The SMILES string of the molecule is COc1cc(C2Oc3cc(/C=C/C(=O)c4c(O)cc(O)cc4O)ccc3OC2CO)ccc1O. The zero-order chi connectivity index (χ0) is 24.4. The van der Waals surface area contributed by atoms with Gasteiger partial charge in [-0.15, -0.1) is 0 Å². The Hall–Kier alpha value is -4.37. The molecule has 0 spiro atoms.